The molecule has 0 amide bonds. The van der Waals surface area contributed by atoms with Gasteiger partial charge in [-0.3, -0.25) is 0 Å². The van der Waals surface area contributed by atoms with E-state index in [0.29, 0.717) is 0 Å². The van der Waals surface area contributed by atoms with Gasteiger partial charge in [-0.25, -0.2) is 11.7 Å². The molecule has 13 heavy (non-hydrogen) atoms. The molecule has 2 N–H and O–H groups in total. The molecule has 3 rings (SSSR count). The zero-order valence-electron chi connectivity index (χ0n) is 8.01. The van der Waals surface area contributed by atoms with E-state index in [0.717, 1.165) is 38.5 Å². The van der Waals surface area contributed by atoms with Crippen LogP contribution in [0, 0.1) is 0 Å². The fourth-order valence-corrected chi connectivity index (χ4v) is 3.54. The molecular weight excluding hydrogens is 182 g/mol. The van der Waals surface area contributed by atoms with Gasteiger partial charge >= 0.3 is 0 Å². The van der Waals surface area contributed by atoms with E-state index in [9.17, 15) is 5.11 Å². The highest BCUT2D eigenvalue weighted by Crippen LogP contribution is 2.46. The maximum atomic E-state index is 10.0. The Hall–Kier alpha value is 0.01000. The molecule has 0 radical (unpaired) electrons. The van der Waals surface area contributed by atoms with Gasteiger partial charge in [0, 0.05) is 5.54 Å². The Bertz CT molecular complexity index is 250. The van der Waals surface area contributed by atoms with Gasteiger partial charge in [0.2, 0.25) is 0 Å². The van der Waals surface area contributed by atoms with Crippen LogP contribution in [0.15, 0.2) is 0 Å². The molecule has 0 atom stereocenters. The van der Waals surface area contributed by atoms with Gasteiger partial charge in [-0.2, -0.15) is 0 Å². The first-order valence-electron chi connectivity index (χ1n) is 4.88. The van der Waals surface area contributed by atoms with Gasteiger partial charge in [-0.05, 0) is 38.5 Å². The fourth-order valence-electron chi connectivity index (χ4n) is 2.63. The minimum Gasteiger partial charge on any atom is -0.423 e. The highest BCUT2D eigenvalue weighted by atomic mass is 32.2. The summed E-state index contributed by atoms with van der Waals surface area (Å²) in [7, 11) is -0.173. The van der Waals surface area contributed by atoms with Crippen LogP contribution in [0.25, 0.3) is 0 Å². The van der Waals surface area contributed by atoms with Crippen molar-refractivity contribution in [3.05, 3.63) is 0 Å². The predicted octanol–water partition coefficient (Wildman–Crippen LogP) is 0.811. The summed E-state index contributed by atoms with van der Waals surface area (Å²) in [6.45, 7) is 0. The Kier molecular flexibility index (Phi) is 2.21. The van der Waals surface area contributed by atoms with E-state index in [1.807, 2.05) is 0 Å². The van der Waals surface area contributed by atoms with Crippen molar-refractivity contribution in [2.45, 2.75) is 49.7 Å². The lowest BCUT2D eigenvalue weighted by molar-refractivity contribution is -0.0664. The van der Waals surface area contributed by atoms with E-state index in [1.54, 1.807) is 0 Å². The third-order valence-electron chi connectivity index (χ3n) is 3.57. The molecule has 0 aliphatic heterocycles. The average Bonchev–Trinajstić information content (AvgIpc) is 2.07. The van der Waals surface area contributed by atoms with Crippen LogP contribution < -0.4 is 4.72 Å². The SMILES string of the molecule is C=[S-](=C)NC12CCC(O)(CC1)CC2. The molecular formula is C10H18NOS-. The smallest absolute Gasteiger partial charge is 0.0649 e. The normalized spacial score (nSPS) is 44.2. The summed E-state index contributed by atoms with van der Waals surface area (Å²) < 4.78 is 3.49. The molecule has 0 aromatic heterocycles. The van der Waals surface area contributed by atoms with Gasteiger partial charge in [0.15, 0.2) is 0 Å². The largest absolute Gasteiger partial charge is 0.423 e. The van der Waals surface area contributed by atoms with E-state index in [1.165, 1.54) is 0 Å². The molecule has 0 aromatic rings. The summed E-state index contributed by atoms with van der Waals surface area (Å²) in [6, 6.07) is 0. The van der Waals surface area contributed by atoms with Crippen molar-refractivity contribution >= 4 is 22.0 Å². The van der Waals surface area contributed by atoms with E-state index in [2.05, 4.69) is 16.5 Å². The van der Waals surface area contributed by atoms with Crippen molar-refractivity contribution in [2.75, 3.05) is 0 Å². The zero-order chi connectivity index (χ0) is 9.53. The molecule has 0 heterocycles. The van der Waals surface area contributed by atoms with Crippen molar-refractivity contribution in [2.24, 2.45) is 0 Å². The third kappa shape index (κ3) is 1.78. The number of nitrogens with one attached hydrogen (secondary N) is 1. The van der Waals surface area contributed by atoms with Gasteiger partial charge in [0.1, 0.15) is 0 Å². The highest BCUT2D eigenvalue weighted by molar-refractivity contribution is 7.89. The highest BCUT2D eigenvalue weighted by Gasteiger charge is 2.45. The Labute approximate surface area is 82.0 Å². The van der Waals surface area contributed by atoms with E-state index < -0.39 is 0 Å². The van der Waals surface area contributed by atoms with Gasteiger partial charge in [0.05, 0.1) is 5.60 Å². The minimum atomic E-state index is -0.329. The van der Waals surface area contributed by atoms with Gasteiger partial charge in [-0.15, -0.1) is 0 Å². The van der Waals surface area contributed by atoms with Crippen LogP contribution in [0.4, 0.5) is 0 Å². The summed E-state index contributed by atoms with van der Waals surface area (Å²) in [6.07, 6.45) is 6.15. The molecule has 2 bridgehead atoms. The van der Waals surface area contributed by atoms with Crippen LogP contribution in [0.1, 0.15) is 38.5 Å². The second-order valence-electron chi connectivity index (χ2n) is 4.60. The standard InChI is InChI=1S/C10H18NOS/c1-13(2)11-9-3-6-10(12,7-4-9)8-5-9/h11-12H,1-8H2/q-1. The summed E-state index contributed by atoms with van der Waals surface area (Å²) in [5, 5.41) is 10.0. The molecule has 3 fully saturated rings. The second kappa shape index (κ2) is 3.01. The Morgan fingerprint density at radius 1 is 1.00 bits per heavy atom. The summed E-state index contributed by atoms with van der Waals surface area (Å²) in [4.78, 5) is 0. The topological polar surface area (TPSA) is 32.3 Å². The van der Waals surface area contributed by atoms with Crippen LogP contribution in [0.3, 0.4) is 0 Å². The molecule has 0 saturated heterocycles. The van der Waals surface area contributed by atoms with Crippen molar-refractivity contribution < 1.29 is 5.11 Å². The molecule has 76 valence electrons. The maximum absolute atomic E-state index is 10.0. The fraction of sp³-hybridized carbons (Fsp3) is 0.800. The molecule has 3 heteroatoms. The first-order chi connectivity index (χ1) is 6.04. The molecule has 0 aromatic carbocycles. The van der Waals surface area contributed by atoms with Crippen molar-refractivity contribution in [3.8, 4) is 0 Å². The van der Waals surface area contributed by atoms with Crippen LogP contribution >= 0.6 is 0 Å². The first-order valence-corrected chi connectivity index (χ1v) is 6.44. The van der Waals surface area contributed by atoms with Crippen molar-refractivity contribution in [1.82, 2.24) is 4.72 Å². The lowest BCUT2D eigenvalue weighted by Gasteiger charge is -2.53. The van der Waals surface area contributed by atoms with Crippen molar-refractivity contribution in [3.63, 3.8) is 0 Å². The minimum absolute atomic E-state index is 0.173. The average molecular weight is 200 g/mol. The molecule has 3 aliphatic rings. The van der Waals surface area contributed by atoms with Crippen LogP contribution in [-0.4, -0.2) is 28.0 Å². The predicted molar refractivity (Wildman–Crippen MR) is 60.1 cm³/mol. The van der Waals surface area contributed by atoms with Crippen molar-refractivity contribution in [1.29, 1.82) is 0 Å². The Morgan fingerprint density at radius 2 is 1.46 bits per heavy atom. The van der Waals surface area contributed by atoms with Crippen LogP contribution in [0.2, 0.25) is 0 Å². The van der Waals surface area contributed by atoms with Gasteiger partial charge in [0.25, 0.3) is 0 Å². The second-order valence-corrected chi connectivity index (χ2v) is 5.79. The zero-order valence-corrected chi connectivity index (χ0v) is 8.83. The summed E-state index contributed by atoms with van der Waals surface area (Å²) in [5.74, 6) is 7.81. The monoisotopic (exact) mass is 200 g/mol. The Morgan fingerprint density at radius 3 is 1.85 bits per heavy atom. The van der Waals surface area contributed by atoms with Gasteiger partial charge < -0.3 is 20.1 Å². The van der Waals surface area contributed by atoms with E-state index in [-0.39, 0.29) is 21.4 Å². The maximum Gasteiger partial charge on any atom is 0.0649 e. The summed E-state index contributed by atoms with van der Waals surface area (Å²) >= 11 is 0. The lowest BCUT2D eigenvalue weighted by Crippen LogP contribution is -2.56. The molecule has 0 unspecified atom stereocenters. The number of fused-ring (bicyclic) bond motifs is 3. The van der Waals surface area contributed by atoms with Gasteiger partial charge in [-0.1, -0.05) is 0 Å². The summed E-state index contributed by atoms with van der Waals surface area (Å²) in [5.41, 5.74) is -0.0680. The number of hydrogen-bond donors (Lipinski definition) is 2. The first kappa shape index (κ1) is 9.56. The molecule has 0 spiro atoms. The third-order valence-corrected chi connectivity index (χ3v) is 4.29. The Balaban J connectivity index is 2.11. The number of rotatable bonds is 2. The van der Waals surface area contributed by atoms with E-state index in [4.69, 9.17) is 0 Å². The molecule has 2 nitrogen and oxygen atoms in total. The lowest BCUT2D eigenvalue weighted by atomic mass is 9.64. The van der Waals surface area contributed by atoms with Crippen LogP contribution in [-0.2, 0) is 10.3 Å². The van der Waals surface area contributed by atoms with Crippen LogP contribution in [0.5, 0.6) is 0 Å². The molecule has 3 aliphatic carbocycles. The van der Waals surface area contributed by atoms with E-state index >= 15 is 0 Å². The number of aliphatic hydroxyl groups is 1. The molecule has 3 saturated carbocycles. The number of hydrogen-bond acceptors (Lipinski definition) is 3. The quantitative estimate of drug-likeness (QED) is 0.511.